The lowest BCUT2D eigenvalue weighted by Gasteiger charge is -2.38. The number of nitrogens with zero attached hydrogens (tertiary/aromatic N) is 3. The first-order chi connectivity index (χ1) is 17.8. The summed E-state index contributed by atoms with van der Waals surface area (Å²) in [6, 6.07) is -0.279. The first-order valence-electron chi connectivity index (χ1n) is 12.2. The third-order valence-electron chi connectivity index (χ3n) is 5.71. The van der Waals surface area contributed by atoms with E-state index in [4.69, 9.17) is 25.8 Å². The molecule has 3 rings (SSSR count). The predicted octanol–water partition coefficient (Wildman–Crippen LogP) is 2.05. The van der Waals surface area contributed by atoms with Crippen molar-refractivity contribution < 1.29 is 28.6 Å². The van der Waals surface area contributed by atoms with Crippen molar-refractivity contribution in [2.24, 2.45) is 0 Å². The second-order valence-corrected chi connectivity index (χ2v) is 9.50. The van der Waals surface area contributed by atoms with E-state index >= 15 is 0 Å². The zero-order valence-electron chi connectivity index (χ0n) is 21.4. The maximum Gasteiger partial charge on any atom is 0.350 e. The monoisotopic (exact) mass is 556 g/mol. The summed E-state index contributed by atoms with van der Waals surface area (Å²) in [6.45, 7) is 7.64. The van der Waals surface area contributed by atoms with Gasteiger partial charge in [0, 0.05) is 33.4 Å². The van der Waals surface area contributed by atoms with Crippen LogP contribution in [0.25, 0.3) is 0 Å². The van der Waals surface area contributed by atoms with Gasteiger partial charge in [-0.3, -0.25) is 9.59 Å². The first-order valence-corrected chi connectivity index (χ1v) is 13.4. The maximum absolute atomic E-state index is 12.8. The van der Waals surface area contributed by atoms with E-state index in [2.05, 4.69) is 25.6 Å². The molecule has 0 aliphatic carbocycles. The Morgan fingerprint density at radius 1 is 1.19 bits per heavy atom. The van der Waals surface area contributed by atoms with Gasteiger partial charge >= 0.3 is 5.97 Å². The van der Waals surface area contributed by atoms with Crippen molar-refractivity contribution in [3.05, 3.63) is 27.2 Å². The van der Waals surface area contributed by atoms with Crippen LogP contribution < -0.4 is 15.5 Å². The minimum Gasteiger partial charge on any atom is -0.462 e. The molecule has 14 heteroatoms. The lowest BCUT2D eigenvalue weighted by atomic mass is 10.0. The number of hydrogen-bond acceptors (Lipinski definition) is 10. The average molecular weight is 557 g/mol. The number of methoxy groups -OCH3 is 1. The molecule has 1 saturated heterocycles. The predicted molar refractivity (Wildman–Crippen MR) is 139 cm³/mol. The normalized spacial score (nSPS) is 17.5. The molecule has 1 aliphatic heterocycles. The molecular formula is C23H33ClN6O6S. The lowest BCUT2D eigenvalue weighted by molar-refractivity contribution is 0.0271. The molecule has 3 N–H and O–H groups in total. The van der Waals surface area contributed by atoms with Crippen LogP contribution in [0.15, 0.2) is 0 Å². The third kappa shape index (κ3) is 7.18. The second-order valence-electron chi connectivity index (χ2n) is 8.16. The average Bonchev–Trinajstić information content (AvgIpc) is 3.49. The van der Waals surface area contributed by atoms with Crippen LogP contribution in [0.2, 0.25) is 5.15 Å². The minimum atomic E-state index is -0.602. The molecule has 2 aromatic rings. The molecule has 0 saturated carbocycles. The number of hydrogen-bond donors (Lipinski definition) is 3. The molecule has 1 aliphatic rings. The molecule has 2 amide bonds. The summed E-state index contributed by atoms with van der Waals surface area (Å²) < 4.78 is 16.1. The van der Waals surface area contributed by atoms with Crippen LogP contribution in [0, 0.1) is 0 Å². The highest BCUT2D eigenvalue weighted by molar-refractivity contribution is 7.17. The van der Waals surface area contributed by atoms with Gasteiger partial charge in [0.2, 0.25) is 0 Å². The van der Waals surface area contributed by atoms with Crippen molar-refractivity contribution in [3.8, 4) is 0 Å². The molecule has 37 heavy (non-hydrogen) atoms. The number of halogens is 1. The van der Waals surface area contributed by atoms with Crippen molar-refractivity contribution in [2.75, 3.05) is 51.5 Å². The Morgan fingerprint density at radius 2 is 1.97 bits per heavy atom. The van der Waals surface area contributed by atoms with E-state index in [0.717, 1.165) is 11.3 Å². The number of anilines is 1. The van der Waals surface area contributed by atoms with Gasteiger partial charge in [-0.25, -0.2) is 14.8 Å². The number of aryl methyl sites for hydroxylation is 1. The molecule has 12 nitrogen and oxygen atoms in total. The number of imidazole rings is 1. The van der Waals surface area contributed by atoms with E-state index in [-0.39, 0.29) is 52.8 Å². The van der Waals surface area contributed by atoms with E-state index in [1.807, 2.05) is 18.7 Å². The van der Waals surface area contributed by atoms with Gasteiger partial charge in [-0.05, 0) is 26.7 Å². The van der Waals surface area contributed by atoms with Crippen LogP contribution in [-0.2, 0) is 20.6 Å². The minimum absolute atomic E-state index is 0.0133. The number of nitrogens with one attached hydrogen (secondary N) is 3. The number of carbonyl (C=O) groups is 3. The molecule has 2 atom stereocenters. The van der Waals surface area contributed by atoms with E-state index in [1.165, 1.54) is 7.11 Å². The van der Waals surface area contributed by atoms with E-state index in [0.29, 0.717) is 50.0 Å². The van der Waals surface area contributed by atoms with E-state index in [1.54, 1.807) is 6.92 Å². The zero-order valence-corrected chi connectivity index (χ0v) is 23.0. The van der Waals surface area contributed by atoms with Crippen LogP contribution in [0.5, 0.6) is 0 Å². The molecule has 0 spiro atoms. The fourth-order valence-electron chi connectivity index (χ4n) is 3.89. The SMILES string of the molecule is CCOC(=O)c1sc(N2CC[C@H](NC(=O)c3nc(Cl)c(CC)[nH]3)[C@H](OCC)C2)nc1C(=O)NCCOC. The second kappa shape index (κ2) is 13.7. The third-order valence-corrected chi connectivity index (χ3v) is 7.12. The Balaban J connectivity index is 1.76. The molecule has 1 fully saturated rings. The van der Waals surface area contributed by atoms with Crippen LogP contribution in [0.1, 0.15) is 63.7 Å². The first kappa shape index (κ1) is 28.8. The summed E-state index contributed by atoms with van der Waals surface area (Å²) in [5, 5.41) is 6.48. The lowest BCUT2D eigenvalue weighted by Crippen LogP contribution is -2.55. The standard InChI is InChI=1S/C23H33ClN6O6S/c1-5-13-18(24)29-19(26-13)21(32)27-14-8-10-30(12-15(14)35-6-2)23-28-16(20(31)25-9-11-34-4)17(37-23)22(33)36-7-3/h14-15H,5-12H2,1-4H3,(H,25,31)(H,26,29)(H,27,32)/t14-,15+/m0/s1. The molecule has 0 aromatic carbocycles. The maximum atomic E-state index is 12.8. The Labute approximate surface area is 224 Å². The molecule has 3 heterocycles. The number of rotatable bonds is 12. The Kier molecular flexibility index (Phi) is 10.7. The summed E-state index contributed by atoms with van der Waals surface area (Å²) >= 11 is 7.18. The van der Waals surface area contributed by atoms with Gasteiger partial charge < -0.3 is 34.7 Å². The number of aromatic amines is 1. The molecule has 0 bridgehead atoms. The van der Waals surface area contributed by atoms with Crippen molar-refractivity contribution >= 4 is 45.9 Å². The fraction of sp³-hybridized carbons (Fsp3) is 0.609. The number of H-pyrrole nitrogens is 1. The van der Waals surface area contributed by atoms with Gasteiger partial charge in [0.15, 0.2) is 21.8 Å². The summed E-state index contributed by atoms with van der Waals surface area (Å²) in [5.74, 6) is -1.29. The number of esters is 1. The number of carbonyl (C=O) groups excluding carboxylic acids is 3. The number of aromatic nitrogens is 3. The van der Waals surface area contributed by atoms with Crippen molar-refractivity contribution in [1.82, 2.24) is 25.6 Å². The van der Waals surface area contributed by atoms with Gasteiger partial charge in [-0.15, -0.1) is 0 Å². The molecule has 204 valence electrons. The van der Waals surface area contributed by atoms with Gasteiger partial charge in [0.05, 0.1) is 31.1 Å². The van der Waals surface area contributed by atoms with E-state index in [9.17, 15) is 14.4 Å². The highest BCUT2D eigenvalue weighted by Gasteiger charge is 2.35. The molecule has 0 radical (unpaired) electrons. The molecule has 0 unspecified atom stereocenters. The summed E-state index contributed by atoms with van der Waals surface area (Å²) in [5.41, 5.74) is 0.714. The zero-order chi connectivity index (χ0) is 26.9. The van der Waals surface area contributed by atoms with Crippen molar-refractivity contribution in [2.45, 2.75) is 45.8 Å². The van der Waals surface area contributed by atoms with Gasteiger partial charge in [0.1, 0.15) is 4.88 Å². The topological polar surface area (TPSA) is 148 Å². The van der Waals surface area contributed by atoms with Gasteiger partial charge in [0.25, 0.3) is 11.8 Å². The largest absolute Gasteiger partial charge is 0.462 e. The fourth-order valence-corrected chi connectivity index (χ4v) is 5.15. The van der Waals surface area contributed by atoms with Crippen molar-refractivity contribution in [3.63, 3.8) is 0 Å². The van der Waals surface area contributed by atoms with Crippen LogP contribution >= 0.6 is 22.9 Å². The highest BCUT2D eigenvalue weighted by atomic mass is 35.5. The molecular weight excluding hydrogens is 524 g/mol. The smallest absolute Gasteiger partial charge is 0.350 e. The van der Waals surface area contributed by atoms with E-state index < -0.39 is 11.9 Å². The molecule has 2 aromatic heterocycles. The summed E-state index contributed by atoms with van der Waals surface area (Å²) in [7, 11) is 1.53. The Morgan fingerprint density at radius 3 is 2.62 bits per heavy atom. The number of amides is 2. The summed E-state index contributed by atoms with van der Waals surface area (Å²) in [4.78, 5) is 51.7. The van der Waals surface area contributed by atoms with Crippen LogP contribution in [0.4, 0.5) is 5.13 Å². The van der Waals surface area contributed by atoms with Crippen molar-refractivity contribution in [1.29, 1.82) is 0 Å². The Hall–Kier alpha value is -2.74. The number of thiazole rings is 1. The van der Waals surface area contributed by atoms with Crippen LogP contribution in [0.3, 0.4) is 0 Å². The number of piperidine rings is 1. The van der Waals surface area contributed by atoms with Crippen LogP contribution in [-0.4, -0.2) is 91.4 Å². The van der Waals surface area contributed by atoms with Gasteiger partial charge in [-0.2, -0.15) is 0 Å². The van der Waals surface area contributed by atoms with Gasteiger partial charge in [-0.1, -0.05) is 29.9 Å². The highest BCUT2D eigenvalue weighted by Crippen LogP contribution is 2.30. The number of ether oxygens (including phenoxy) is 3. The summed E-state index contributed by atoms with van der Waals surface area (Å²) in [6.07, 6.45) is 0.829. The quantitative estimate of drug-likeness (QED) is 0.264. The Bertz CT molecular complexity index is 1090.